The number of esters is 1. The van der Waals surface area contributed by atoms with Crippen LogP contribution in [-0.2, 0) is 9.53 Å². The van der Waals surface area contributed by atoms with E-state index in [1.807, 2.05) is 0 Å². The molecule has 0 unspecified atom stereocenters. The average molecular weight is 222 g/mol. The Hall–Kier alpha value is -2.04. The Balaban J connectivity index is 2.44. The molecule has 1 aromatic rings. The largest absolute Gasteiger partial charge is 0.462 e. The van der Waals surface area contributed by atoms with Crippen molar-refractivity contribution in [2.75, 3.05) is 19.4 Å². The average Bonchev–Trinajstić information content (AvgIpc) is 2.28. The molecule has 86 valence electrons. The first kappa shape index (κ1) is 12.0. The lowest BCUT2D eigenvalue weighted by molar-refractivity contribution is -0.121. The zero-order valence-corrected chi connectivity index (χ0v) is 9.03. The van der Waals surface area contributed by atoms with E-state index in [0.717, 1.165) is 0 Å². The second kappa shape index (κ2) is 5.75. The van der Waals surface area contributed by atoms with Crippen LogP contribution in [-0.4, -0.2) is 25.5 Å². The van der Waals surface area contributed by atoms with Gasteiger partial charge < -0.3 is 15.8 Å². The summed E-state index contributed by atoms with van der Waals surface area (Å²) >= 11 is 0. The molecule has 0 aliphatic rings. The van der Waals surface area contributed by atoms with Crippen molar-refractivity contribution in [3.63, 3.8) is 0 Å². The van der Waals surface area contributed by atoms with Gasteiger partial charge in [-0.3, -0.25) is 4.79 Å². The molecule has 0 radical (unpaired) electrons. The van der Waals surface area contributed by atoms with Gasteiger partial charge in [0.2, 0.25) is 5.91 Å². The van der Waals surface area contributed by atoms with Gasteiger partial charge in [-0.2, -0.15) is 0 Å². The number of nitrogens with two attached hydrogens (primary N) is 1. The molecule has 0 heterocycles. The van der Waals surface area contributed by atoms with Gasteiger partial charge in [0.05, 0.1) is 12.0 Å². The molecule has 5 nitrogen and oxygen atoms in total. The van der Waals surface area contributed by atoms with Crippen molar-refractivity contribution in [2.45, 2.75) is 6.42 Å². The van der Waals surface area contributed by atoms with E-state index in [2.05, 4.69) is 5.32 Å². The number of benzene rings is 1. The van der Waals surface area contributed by atoms with Gasteiger partial charge in [-0.25, -0.2) is 4.79 Å². The Kier molecular flexibility index (Phi) is 4.32. The van der Waals surface area contributed by atoms with Gasteiger partial charge in [-0.05, 0) is 18.2 Å². The summed E-state index contributed by atoms with van der Waals surface area (Å²) in [4.78, 5) is 22.3. The summed E-state index contributed by atoms with van der Waals surface area (Å²) in [5, 5.41) is 2.44. The normalized spacial score (nSPS) is 9.56. The maximum absolute atomic E-state index is 11.5. The lowest BCUT2D eigenvalue weighted by Crippen LogP contribution is -2.20. The van der Waals surface area contributed by atoms with Gasteiger partial charge in [-0.1, -0.05) is 6.07 Å². The SMILES string of the molecule is CNC(=O)CCOC(=O)c1cccc(N)c1. The molecule has 0 saturated heterocycles. The molecule has 0 saturated carbocycles. The Morgan fingerprint density at radius 2 is 2.19 bits per heavy atom. The van der Waals surface area contributed by atoms with Crippen LogP contribution in [0.15, 0.2) is 24.3 Å². The number of ether oxygens (including phenoxy) is 1. The zero-order valence-electron chi connectivity index (χ0n) is 9.03. The number of nitrogen functional groups attached to an aromatic ring is 1. The molecule has 0 bridgehead atoms. The van der Waals surface area contributed by atoms with Crippen LogP contribution in [0.1, 0.15) is 16.8 Å². The molecule has 0 atom stereocenters. The fraction of sp³-hybridized carbons (Fsp3) is 0.273. The highest BCUT2D eigenvalue weighted by atomic mass is 16.5. The predicted octanol–water partition coefficient (Wildman–Crippen LogP) is 0.562. The van der Waals surface area contributed by atoms with E-state index >= 15 is 0 Å². The fourth-order valence-corrected chi connectivity index (χ4v) is 1.11. The molecule has 1 aromatic carbocycles. The third-order valence-electron chi connectivity index (χ3n) is 1.96. The molecule has 0 aliphatic heterocycles. The quantitative estimate of drug-likeness (QED) is 0.576. The first-order valence-corrected chi connectivity index (χ1v) is 4.86. The minimum absolute atomic E-state index is 0.0628. The van der Waals surface area contributed by atoms with E-state index in [9.17, 15) is 9.59 Å². The lowest BCUT2D eigenvalue weighted by atomic mass is 10.2. The van der Waals surface area contributed by atoms with Crippen molar-refractivity contribution < 1.29 is 14.3 Å². The third kappa shape index (κ3) is 3.61. The summed E-state index contributed by atoms with van der Waals surface area (Å²) in [6, 6.07) is 6.49. The molecular weight excluding hydrogens is 208 g/mol. The zero-order chi connectivity index (χ0) is 12.0. The molecule has 0 aromatic heterocycles. The Morgan fingerprint density at radius 1 is 1.44 bits per heavy atom. The monoisotopic (exact) mass is 222 g/mol. The van der Waals surface area contributed by atoms with Crippen molar-refractivity contribution in [3.8, 4) is 0 Å². The first-order valence-electron chi connectivity index (χ1n) is 4.86. The molecule has 16 heavy (non-hydrogen) atoms. The minimum Gasteiger partial charge on any atom is -0.462 e. The number of carbonyl (C=O) groups excluding carboxylic acids is 2. The van der Waals surface area contributed by atoms with Crippen molar-refractivity contribution in [1.29, 1.82) is 0 Å². The number of anilines is 1. The predicted molar refractivity (Wildman–Crippen MR) is 59.8 cm³/mol. The van der Waals surface area contributed by atoms with E-state index in [0.29, 0.717) is 11.3 Å². The standard InChI is InChI=1S/C11H14N2O3/c1-13-10(14)5-6-16-11(15)8-3-2-4-9(12)7-8/h2-4,7H,5-6,12H2,1H3,(H,13,14). The number of hydrogen-bond acceptors (Lipinski definition) is 4. The maximum atomic E-state index is 11.5. The fourth-order valence-electron chi connectivity index (χ4n) is 1.11. The van der Waals surface area contributed by atoms with Crippen LogP contribution in [0.3, 0.4) is 0 Å². The molecule has 1 rings (SSSR count). The van der Waals surface area contributed by atoms with Crippen LogP contribution >= 0.6 is 0 Å². The van der Waals surface area contributed by atoms with Crippen LogP contribution < -0.4 is 11.1 Å². The smallest absolute Gasteiger partial charge is 0.338 e. The second-order valence-electron chi connectivity index (χ2n) is 3.18. The van der Waals surface area contributed by atoms with E-state index in [1.165, 1.54) is 13.1 Å². The Bertz CT molecular complexity index is 391. The molecule has 0 spiro atoms. The van der Waals surface area contributed by atoms with E-state index in [1.54, 1.807) is 18.2 Å². The summed E-state index contributed by atoms with van der Waals surface area (Å²) in [5.41, 5.74) is 6.41. The summed E-state index contributed by atoms with van der Waals surface area (Å²) in [6.45, 7) is 0.0628. The van der Waals surface area contributed by atoms with Crippen LogP contribution in [0.2, 0.25) is 0 Å². The lowest BCUT2D eigenvalue weighted by Gasteiger charge is -2.04. The third-order valence-corrected chi connectivity index (χ3v) is 1.96. The maximum Gasteiger partial charge on any atom is 0.338 e. The summed E-state index contributed by atoms with van der Waals surface area (Å²) < 4.78 is 4.90. The number of hydrogen-bond donors (Lipinski definition) is 2. The minimum atomic E-state index is -0.476. The van der Waals surface area contributed by atoms with Crippen molar-refractivity contribution in [1.82, 2.24) is 5.32 Å². The van der Waals surface area contributed by atoms with E-state index in [4.69, 9.17) is 10.5 Å². The Labute approximate surface area is 93.6 Å². The van der Waals surface area contributed by atoms with Crippen LogP contribution in [0.25, 0.3) is 0 Å². The highest BCUT2D eigenvalue weighted by Crippen LogP contribution is 2.07. The van der Waals surface area contributed by atoms with Gasteiger partial charge in [0.15, 0.2) is 0 Å². The molecular formula is C11H14N2O3. The molecule has 5 heteroatoms. The molecule has 3 N–H and O–H groups in total. The number of nitrogens with one attached hydrogen (secondary N) is 1. The summed E-state index contributed by atoms with van der Waals surface area (Å²) in [5.74, 6) is -0.642. The van der Waals surface area contributed by atoms with Gasteiger partial charge in [0.1, 0.15) is 6.61 Å². The molecule has 0 fully saturated rings. The van der Waals surface area contributed by atoms with Crippen LogP contribution in [0.5, 0.6) is 0 Å². The molecule has 1 amide bonds. The van der Waals surface area contributed by atoms with Gasteiger partial charge in [0, 0.05) is 12.7 Å². The number of carbonyl (C=O) groups is 2. The summed E-state index contributed by atoms with van der Waals surface area (Å²) in [7, 11) is 1.53. The number of rotatable bonds is 4. The van der Waals surface area contributed by atoms with Crippen LogP contribution in [0.4, 0.5) is 5.69 Å². The van der Waals surface area contributed by atoms with Crippen molar-refractivity contribution in [3.05, 3.63) is 29.8 Å². The first-order chi connectivity index (χ1) is 7.63. The van der Waals surface area contributed by atoms with Crippen LogP contribution in [0, 0.1) is 0 Å². The number of amides is 1. The van der Waals surface area contributed by atoms with E-state index in [-0.39, 0.29) is 18.9 Å². The summed E-state index contributed by atoms with van der Waals surface area (Å²) in [6.07, 6.45) is 0.157. The van der Waals surface area contributed by atoms with Gasteiger partial charge in [-0.15, -0.1) is 0 Å². The van der Waals surface area contributed by atoms with Crippen molar-refractivity contribution in [2.24, 2.45) is 0 Å². The van der Waals surface area contributed by atoms with Crippen molar-refractivity contribution >= 4 is 17.6 Å². The topological polar surface area (TPSA) is 81.4 Å². The van der Waals surface area contributed by atoms with E-state index < -0.39 is 5.97 Å². The van der Waals surface area contributed by atoms with Gasteiger partial charge >= 0.3 is 5.97 Å². The molecule has 0 aliphatic carbocycles. The Morgan fingerprint density at radius 3 is 2.81 bits per heavy atom. The highest BCUT2D eigenvalue weighted by molar-refractivity contribution is 5.90. The van der Waals surface area contributed by atoms with Gasteiger partial charge in [0.25, 0.3) is 0 Å². The highest BCUT2D eigenvalue weighted by Gasteiger charge is 2.07. The second-order valence-corrected chi connectivity index (χ2v) is 3.18.